The Labute approximate surface area is 148 Å². The summed E-state index contributed by atoms with van der Waals surface area (Å²) in [5.74, 6) is 1.11. The van der Waals surface area contributed by atoms with Gasteiger partial charge in [0.15, 0.2) is 0 Å². The molecule has 3 heterocycles. The molecule has 132 valence electrons. The van der Waals surface area contributed by atoms with E-state index in [1.807, 2.05) is 18.3 Å². The zero-order valence-corrected chi connectivity index (χ0v) is 14.4. The van der Waals surface area contributed by atoms with Gasteiger partial charge in [-0.2, -0.15) is 0 Å². The summed E-state index contributed by atoms with van der Waals surface area (Å²) < 4.78 is 11.3. The van der Waals surface area contributed by atoms with Crippen molar-refractivity contribution in [2.24, 2.45) is 0 Å². The molecule has 2 aliphatic heterocycles. The molecular weight excluding hydrogens is 314 g/mol. The van der Waals surface area contributed by atoms with Crippen molar-refractivity contribution >= 4 is 5.82 Å². The molecule has 0 amide bonds. The topological polar surface area (TPSA) is 69.4 Å². The predicted octanol–water partition coefficient (Wildman–Crippen LogP) is 2.89. The highest BCUT2D eigenvalue weighted by atomic mass is 16.5. The molecule has 2 aromatic rings. The van der Waals surface area contributed by atoms with Gasteiger partial charge in [-0.15, -0.1) is 0 Å². The quantitative estimate of drug-likeness (QED) is 0.900. The summed E-state index contributed by atoms with van der Waals surface area (Å²) in [4.78, 5) is 4.23. The number of aromatic nitrogens is 1. The Bertz CT molecular complexity index is 705. The van der Waals surface area contributed by atoms with E-state index in [1.165, 1.54) is 16.7 Å². The van der Waals surface area contributed by atoms with Crippen LogP contribution in [0.2, 0.25) is 0 Å². The van der Waals surface area contributed by atoms with Gasteiger partial charge in [0, 0.05) is 31.5 Å². The third kappa shape index (κ3) is 3.68. The fourth-order valence-corrected chi connectivity index (χ4v) is 3.78. The highest BCUT2D eigenvalue weighted by molar-refractivity contribution is 5.65. The highest BCUT2D eigenvalue weighted by Crippen LogP contribution is 2.35. The number of morpholine rings is 1. The second-order valence-corrected chi connectivity index (χ2v) is 6.78. The maximum Gasteiger partial charge on any atom is 0.123 e. The van der Waals surface area contributed by atoms with Crippen molar-refractivity contribution in [1.29, 1.82) is 0 Å². The van der Waals surface area contributed by atoms with Gasteiger partial charge in [0.1, 0.15) is 5.82 Å². The van der Waals surface area contributed by atoms with Crippen LogP contribution in [0.25, 0.3) is 11.1 Å². The molecule has 0 spiro atoms. The first-order valence-corrected chi connectivity index (χ1v) is 9.06. The van der Waals surface area contributed by atoms with Gasteiger partial charge in [0.2, 0.25) is 0 Å². The molecule has 1 atom stereocenters. The molecule has 25 heavy (non-hydrogen) atoms. The lowest BCUT2D eigenvalue weighted by molar-refractivity contribution is 0.0740. The van der Waals surface area contributed by atoms with Crippen LogP contribution in [0.15, 0.2) is 36.5 Å². The number of benzene rings is 1. The number of pyridine rings is 1. The number of anilines is 1. The maximum absolute atomic E-state index is 5.72. The second kappa shape index (κ2) is 7.52. The van der Waals surface area contributed by atoms with Gasteiger partial charge >= 0.3 is 0 Å². The summed E-state index contributed by atoms with van der Waals surface area (Å²) in [5.41, 5.74) is 10.8. The monoisotopic (exact) mass is 339 g/mol. The minimum atomic E-state index is 0.244. The number of nitrogen functional groups attached to an aromatic ring is 1. The van der Waals surface area contributed by atoms with Crippen molar-refractivity contribution < 1.29 is 9.47 Å². The molecule has 0 radical (unpaired) electrons. The molecule has 4 rings (SSSR count). The Morgan fingerprint density at radius 3 is 2.52 bits per heavy atom. The first-order valence-electron chi connectivity index (χ1n) is 9.06. The van der Waals surface area contributed by atoms with Gasteiger partial charge in [-0.3, -0.25) is 0 Å². The van der Waals surface area contributed by atoms with E-state index in [9.17, 15) is 0 Å². The first kappa shape index (κ1) is 16.5. The summed E-state index contributed by atoms with van der Waals surface area (Å²) in [7, 11) is 0. The molecule has 2 aliphatic rings. The Kier molecular flexibility index (Phi) is 4.97. The number of ether oxygens (including phenoxy) is 2. The van der Waals surface area contributed by atoms with Gasteiger partial charge < -0.3 is 20.5 Å². The van der Waals surface area contributed by atoms with E-state index in [1.54, 1.807) is 0 Å². The minimum Gasteiger partial charge on any atom is -0.384 e. The second-order valence-electron chi connectivity index (χ2n) is 6.78. The molecule has 2 fully saturated rings. The van der Waals surface area contributed by atoms with Crippen molar-refractivity contribution in [2.45, 2.75) is 24.8 Å². The molecule has 3 N–H and O–H groups in total. The summed E-state index contributed by atoms with van der Waals surface area (Å²) in [6, 6.07) is 10.9. The molecule has 0 saturated carbocycles. The summed E-state index contributed by atoms with van der Waals surface area (Å²) in [5, 5.41) is 3.61. The fourth-order valence-electron chi connectivity index (χ4n) is 3.78. The number of nitrogens with zero attached hydrogens (tertiary/aromatic N) is 1. The van der Waals surface area contributed by atoms with Crippen LogP contribution in [-0.4, -0.2) is 38.0 Å². The lowest BCUT2D eigenvalue weighted by Crippen LogP contribution is -2.35. The lowest BCUT2D eigenvalue weighted by Gasteiger charge is -2.30. The van der Waals surface area contributed by atoms with Crippen molar-refractivity contribution in [3.63, 3.8) is 0 Å². The third-order valence-electron chi connectivity index (χ3n) is 5.16. The van der Waals surface area contributed by atoms with Gasteiger partial charge in [0.05, 0.1) is 19.3 Å². The maximum atomic E-state index is 5.72. The Balaban J connectivity index is 1.71. The SMILES string of the molecule is Nc1ccc(-c2ccc(C3CCOCC3)c([C@@H]3COCCN3)c2)cn1. The van der Waals surface area contributed by atoms with E-state index in [4.69, 9.17) is 15.2 Å². The van der Waals surface area contributed by atoms with Crippen LogP contribution < -0.4 is 11.1 Å². The normalized spacial score (nSPS) is 22.0. The van der Waals surface area contributed by atoms with Crippen molar-refractivity contribution in [2.75, 3.05) is 38.7 Å². The average Bonchev–Trinajstić information content (AvgIpc) is 2.69. The predicted molar refractivity (Wildman–Crippen MR) is 98.4 cm³/mol. The summed E-state index contributed by atoms with van der Waals surface area (Å²) in [6.45, 7) is 4.10. The lowest BCUT2D eigenvalue weighted by atomic mass is 9.84. The summed E-state index contributed by atoms with van der Waals surface area (Å²) in [6.07, 6.45) is 4.01. The van der Waals surface area contributed by atoms with Crippen molar-refractivity contribution in [3.8, 4) is 11.1 Å². The number of nitrogens with two attached hydrogens (primary N) is 1. The average molecular weight is 339 g/mol. The van der Waals surface area contributed by atoms with Gasteiger partial charge in [-0.05, 0) is 53.6 Å². The fraction of sp³-hybridized carbons (Fsp3) is 0.450. The van der Waals surface area contributed by atoms with Crippen LogP contribution in [0.3, 0.4) is 0 Å². The van der Waals surface area contributed by atoms with E-state index in [-0.39, 0.29) is 6.04 Å². The van der Waals surface area contributed by atoms with Crippen molar-refractivity contribution in [1.82, 2.24) is 10.3 Å². The molecule has 5 nitrogen and oxygen atoms in total. The highest BCUT2D eigenvalue weighted by Gasteiger charge is 2.24. The number of nitrogens with one attached hydrogen (secondary N) is 1. The zero-order chi connectivity index (χ0) is 17.1. The first-order chi connectivity index (χ1) is 12.3. The summed E-state index contributed by atoms with van der Waals surface area (Å²) >= 11 is 0. The van der Waals surface area contributed by atoms with E-state index in [2.05, 4.69) is 28.5 Å². The molecule has 2 saturated heterocycles. The van der Waals surface area contributed by atoms with Crippen LogP contribution in [0.5, 0.6) is 0 Å². The zero-order valence-electron chi connectivity index (χ0n) is 14.4. The molecular formula is C20H25N3O2. The van der Waals surface area contributed by atoms with E-state index >= 15 is 0 Å². The number of hydrogen-bond acceptors (Lipinski definition) is 5. The van der Waals surface area contributed by atoms with Crippen molar-refractivity contribution in [3.05, 3.63) is 47.7 Å². The molecule has 0 aliphatic carbocycles. The molecule has 1 aromatic heterocycles. The van der Waals surface area contributed by atoms with Gasteiger partial charge in [-0.25, -0.2) is 4.98 Å². The smallest absolute Gasteiger partial charge is 0.123 e. The Hall–Kier alpha value is -1.95. The third-order valence-corrected chi connectivity index (χ3v) is 5.16. The standard InChI is InChI=1S/C20H25N3O2/c21-20-4-2-16(12-23-20)15-1-3-17(14-5-8-24-9-6-14)18(11-15)19-13-25-10-7-22-19/h1-4,11-12,14,19,22H,5-10,13H2,(H2,21,23)/t19-/m0/s1. The minimum absolute atomic E-state index is 0.244. The van der Waals surface area contributed by atoms with E-state index < -0.39 is 0 Å². The van der Waals surface area contributed by atoms with E-state index in [0.29, 0.717) is 11.7 Å². The molecule has 0 bridgehead atoms. The van der Waals surface area contributed by atoms with Gasteiger partial charge in [0.25, 0.3) is 0 Å². The number of hydrogen-bond donors (Lipinski definition) is 2. The van der Waals surface area contributed by atoms with Crippen LogP contribution in [0, 0.1) is 0 Å². The van der Waals surface area contributed by atoms with Gasteiger partial charge in [-0.1, -0.05) is 12.1 Å². The Morgan fingerprint density at radius 1 is 0.960 bits per heavy atom. The molecule has 0 unspecified atom stereocenters. The number of rotatable bonds is 3. The van der Waals surface area contributed by atoms with Crippen LogP contribution in [-0.2, 0) is 9.47 Å². The largest absolute Gasteiger partial charge is 0.384 e. The molecule has 1 aromatic carbocycles. The Morgan fingerprint density at radius 2 is 1.80 bits per heavy atom. The van der Waals surface area contributed by atoms with Crippen LogP contribution in [0.1, 0.15) is 35.9 Å². The van der Waals surface area contributed by atoms with Crippen LogP contribution in [0.4, 0.5) is 5.82 Å². The van der Waals surface area contributed by atoms with Crippen LogP contribution >= 0.6 is 0 Å². The van der Waals surface area contributed by atoms with E-state index in [0.717, 1.165) is 51.4 Å². The molecule has 5 heteroatoms.